The van der Waals surface area contributed by atoms with Crippen LogP contribution in [0, 0.1) is 0 Å². The Kier molecular flexibility index (Phi) is 6.55. The molecular weight excluding hydrogens is 452 g/mol. The van der Waals surface area contributed by atoms with E-state index in [1.54, 1.807) is 50.7 Å². The van der Waals surface area contributed by atoms with Crippen molar-refractivity contribution in [2.45, 2.75) is 6.92 Å². The van der Waals surface area contributed by atoms with E-state index in [0.717, 1.165) is 5.39 Å². The van der Waals surface area contributed by atoms with Crippen LogP contribution in [-0.4, -0.2) is 35.2 Å². The molecule has 0 fully saturated rings. The Morgan fingerprint density at radius 2 is 1.65 bits per heavy atom. The van der Waals surface area contributed by atoms with Gasteiger partial charge in [0.15, 0.2) is 16.6 Å². The Bertz CT molecular complexity index is 1340. The van der Waals surface area contributed by atoms with E-state index in [2.05, 4.69) is 34.2 Å². The molecule has 34 heavy (non-hydrogen) atoms. The summed E-state index contributed by atoms with van der Waals surface area (Å²) in [6, 6.07) is 17.0. The number of carbonyl (C=O) groups is 1. The summed E-state index contributed by atoms with van der Waals surface area (Å²) in [6.45, 7) is 1.37. The van der Waals surface area contributed by atoms with E-state index in [0.29, 0.717) is 34.3 Å². The van der Waals surface area contributed by atoms with Crippen LogP contribution >= 0.6 is 12.2 Å². The molecule has 2 aromatic heterocycles. The summed E-state index contributed by atoms with van der Waals surface area (Å²) >= 11 is 4.90. The number of methoxy groups -OCH3 is 2. The normalized spacial score (nSPS) is 10.6. The zero-order chi connectivity index (χ0) is 24.2. The summed E-state index contributed by atoms with van der Waals surface area (Å²) < 4.78 is 16.6. The van der Waals surface area contributed by atoms with Gasteiger partial charge < -0.3 is 19.9 Å². The topological polar surface area (TPSA) is 99.8 Å². The minimum Gasteiger partial charge on any atom is -0.493 e. The van der Waals surface area contributed by atoms with Crippen molar-refractivity contribution in [2.24, 2.45) is 5.73 Å². The summed E-state index contributed by atoms with van der Waals surface area (Å²) in [6.07, 6.45) is 3.09. The first-order valence-electron chi connectivity index (χ1n) is 10.3. The van der Waals surface area contributed by atoms with Gasteiger partial charge >= 0.3 is 0 Å². The number of benzene rings is 2. The number of hydrogen-bond acceptors (Lipinski definition) is 7. The third-order valence-electron chi connectivity index (χ3n) is 5.05. The molecule has 0 saturated carbocycles. The Morgan fingerprint density at radius 1 is 0.941 bits per heavy atom. The summed E-state index contributed by atoms with van der Waals surface area (Å²) in [7, 11) is 3.12. The van der Waals surface area contributed by atoms with Crippen LogP contribution in [0.15, 0.2) is 67.0 Å². The van der Waals surface area contributed by atoms with Gasteiger partial charge in [0, 0.05) is 30.6 Å². The highest BCUT2D eigenvalue weighted by molar-refractivity contribution is 7.80. The van der Waals surface area contributed by atoms with Crippen molar-refractivity contribution in [1.82, 2.24) is 9.97 Å². The molecule has 2 N–H and O–H groups in total. The SMILES string of the molecule is COc1cc2nccc(Oc3ccc(N(C(C)=O)C(N)=S)cn3)c2cc1OC.c1cc2cc-2c1. The molecule has 0 spiro atoms. The van der Waals surface area contributed by atoms with Crippen molar-refractivity contribution >= 4 is 39.8 Å². The second-order valence-corrected chi connectivity index (χ2v) is 7.68. The van der Waals surface area contributed by atoms with E-state index in [4.69, 9.17) is 32.2 Å². The fraction of sp³-hybridized carbons (Fsp3) is 0.120. The average molecular weight is 475 g/mol. The standard InChI is InChI=1S/C19H18N4O4S.C6H4/c1-11(24)23(19(20)28)12-4-5-18(22-10-12)27-15-6-7-21-14-9-17(26-3)16(25-2)8-13(14)15;1-2-5-4-6(5)3-1/h4-10H,1-3H3,(H2,20,28);1-4H. The van der Waals surface area contributed by atoms with Gasteiger partial charge in [-0.3, -0.25) is 14.7 Å². The van der Waals surface area contributed by atoms with Gasteiger partial charge in [-0.25, -0.2) is 4.98 Å². The Morgan fingerprint density at radius 3 is 2.15 bits per heavy atom. The first-order chi connectivity index (χ1) is 16.4. The van der Waals surface area contributed by atoms with Gasteiger partial charge in [0.2, 0.25) is 11.8 Å². The van der Waals surface area contributed by atoms with Crippen LogP contribution in [0.1, 0.15) is 6.92 Å². The maximum atomic E-state index is 11.7. The van der Waals surface area contributed by atoms with Crippen LogP contribution in [0.4, 0.5) is 5.69 Å². The Hall–Kier alpha value is -4.24. The number of rotatable bonds is 5. The molecule has 5 rings (SSSR count). The molecular formula is C25H22N4O4S. The zero-order valence-electron chi connectivity index (χ0n) is 18.8. The molecule has 3 aromatic rings. The van der Waals surface area contributed by atoms with Crippen molar-refractivity contribution in [3.8, 4) is 34.3 Å². The van der Waals surface area contributed by atoms with Crippen LogP contribution in [0.2, 0.25) is 0 Å². The molecule has 8 nitrogen and oxygen atoms in total. The first kappa shape index (κ1) is 22.9. The number of carbonyl (C=O) groups excluding carboxylic acids is 1. The fourth-order valence-electron chi connectivity index (χ4n) is 3.35. The van der Waals surface area contributed by atoms with Crippen molar-refractivity contribution in [3.05, 3.63) is 67.0 Å². The summed E-state index contributed by atoms with van der Waals surface area (Å²) in [5.74, 6) is 1.71. The van der Waals surface area contributed by atoms with Gasteiger partial charge in [0.1, 0.15) is 5.75 Å². The van der Waals surface area contributed by atoms with Gasteiger partial charge in [-0.1, -0.05) is 18.2 Å². The zero-order valence-corrected chi connectivity index (χ0v) is 19.6. The summed E-state index contributed by atoms with van der Waals surface area (Å²) in [5, 5.41) is 0.684. The number of ether oxygens (including phenoxy) is 3. The molecule has 0 atom stereocenters. The van der Waals surface area contributed by atoms with Gasteiger partial charge in [-0.05, 0) is 47.6 Å². The predicted octanol–water partition coefficient (Wildman–Crippen LogP) is 4.70. The number of pyridine rings is 2. The van der Waals surface area contributed by atoms with Gasteiger partial charge in [-0.2, -0.15) is 0 Å². The lowest BCUT2D eigenvalue weighted by Gasteiger charge is -2.18. The van der Waals surface area contributed by atoms with E-state index in [9.17, 15) is 4.79 Å². The monoisotopic (exact) mass is 474 g/mol. The average Bonchev–Trinajstić information content (AvgIpc) is 3.43. The maximum absolute atomic E-state index is 11.7. The number of amides is 1. The number of thiocarbonyl (C=S) groups is 1. The molecule has 1 amide bonds. The number of anilines is 1. The first-order valence-corrected chi connectivity index (χ1v) is 10.7. The van der Waals surface area contributed by atoms with Gasteiger partial charge in [0.25, 0.3) is 0 Å². The van der Waals surface area contributed by atoms with E-state index >= 15 is 0 Å². The largest absolute Gasteiger partial charge is 0.493 e. The minimum atomic E-state index is -0.302. The molecule has 2 aliphatic carbocycles. The molecule has 9 heteroatoms. The highest BCUT2D eigenvalue weighted by Crippen LogP contribution is 2.36. The van der Waals surface area contributed by atoms with E-state index in [1.807, 2.05) is 0 Å². The number of fused-ring (bicyclic) bond motifs is 2. The van der Waals surface area contributed by atoms with Gasteiger partial charge in [0.05, 0.1) is 31.6 Å². The van der Waals surface area contributed by atoms with Crippen molar-refractivity contribution in [2.75, 3.05) is 19.1 Å². The highest BCUT2D eigenvalue weighted by atomic mass is 32.1. The quantitative estimate of drug-likeness (QED) is 0.366. The highest BCUT2D eigenvalue weighted by Gasteiger charge is 2.16. The van der Waals surface area contributed by atoms with Crippen LogP contribution in [0.3, 0.4) is 0 Å². The lowest BCUT2D eigenvalue weighted by molar-refractivity contribution is -0.115. The molecule has 0 bridgehead atoms. The van der Waals surface area contributed by atoms with E-state index < -0.39 is 0 Å². The number of nitrogens with zero attached hydrogens (tertiary/aromatic N) is 3. The lowest BCUT2D eigenvalue weighted by atomic mass is 10.2. The third-order valence-corrected chi connectivity index (χ3v) is 5.23. The number of aromatic nitrogens is 2. The maximum Gasteiger partial charge on any atom is 0.230 e. The number of hydrogen-bond donors (Lipinski definition) is 1. The van der Waals surface area contributed by atoms with Crippen LogP contribution in [-0.2, 0) is 4.79 Å². The lowest BCUT2D eigenvalue weighted by Crippen LogP contribution is -2.39. The Balaban J connectivity index is 0.000000388. The fourth-order valence-corrected chi connectivity index (χ4v) is 3.59. The van der Waals surface area contributed by atoms with Crippen LogP contribution in [0.5, 0.6) is 23.1 Å². The summed E-state index contributed by atoms with van der Waals surface area (Å²) in [4.78, 5) is 21.4. The molecule has 0 saturated heterocycles. The molecule has 172 valence electrons. The van der Waals surface area contributed by atoms with Crippen LogP contribution in [0.25, 0.3) is 22.0 Å². The number of nitrogens with two attached hydrogens (primary N) is 1. The molecule has 0 unspecified atom stereocenters. The molecule has 2 heterocycles. The van der Waals surface area contributed by atoms with Crippen molar-refractivity contribution in [3.63, 3.8) is 0 Å². The predicted molar refractivity (Wildman–Crippen MR) is 135 cm³/mol. The molecule has 0 radical (unpaired) electrons. The second-order valence-electron chi connectivity index (χ2n) is 7.26. The Labute approximate surface area is 201 Å². The molecule has 0 aliphatic heterocycles. The van der Waals surface area contributed by atoms with E-state index in [-0.39, 0.29) is 11.0 Å². The second kappa shape index (κ2) is 9.72. The van der Waals surface area contributed by atoms with Crippen molar-refractivity contribution in [1.29, 1.82) is 0 Å². The van der Waals surface area contributed by atoms with E-state index in [1.165, 1.54) is 29.1 Å². The minimum absolute atomic E-state index is 0.0517. The third kappa shape index (κ3) is 4.89. The molecule has 2 aliphatic rings. The van der Waals surface area contributed by atoms with Crippen LogP contribution < -0.4 is 24.8 Å². The molecule has 1 aromatic carbocycles. The van der Waals surface area contributed by atoms with Gasteiger partial charge in [-0.15, -0.1) is 0 Å². The summed E-state index contributed by atoms with van der Waals surface area (Å²) in [5.41, 5.74) is 9.58. The smallest absolute Gasteiger partial charge is 0.230 e. The van der Waals surface area contributed by atoms with Crippen molar-refractivity contribution < 1.29 is 19.0 Å².